The highest BCUT2D eigenvalue weighted by atomic mass is 19.3. The van der Waals surface area contributed by atoms with Crippen LogP contribution in [0.2, 0.25) is 0 Å². The first kappa shape index (κ1) is 9.09. The standard InChI is InChI=1S/C7H11F2N3/c1-4(2)6-10-5(3)12(11-6)7(8)9/h4,7H,1-3H3. The van der Waals surface area contributed by atoms with E-state index in [9.17, 15) is 8.78 Å². The van der Waals surface area contributed by atoms with E-state index in [-0.39, 0.29) is 11.7 Å². The van der Waals surface area contributed by atoms with Gasteiger partial charge in [-0.3, -0.25) is 0 Å². The Bertz CT molecular complexity index is 268. The Hall–Kier alpha value is -1.00. The number of rotatable bonds is 2. The summed E-state index contributed by atoms with van der Waals surface area (Å²) in [4.78, 5) is 3.90. The number of aryl methyl sites for hydroxylation is 1. The van der Waals surface area contributed by atoms with E-state index in [2.05, 4.69) is 10.1 Å². The monoisotopic (exact) mass is 175 g/mol. The molecule has 0 N–H and O–H groups in total. The van der Waals surface area contributed by atoms with Crippen molar-refractivity contribution in [3.05, 3.63) is 11.6 Å². The normalized spacial score (nSPS) is 11.6. The van der Waals surface area contributed by atoms with Crippen LogP contribution in [0.15, 0.2) is 0 Å². The van der Waals surface area contributed by atoms with Gasteiger partial charge in [0.15, 0.2) is 5.82 Å². The molecular formula is C7H11F2N3. The Morgan fingerprint density at radius 1 is 1.33 bits per heavy atom. The highest BCUT2D eigenvalue weighted by Crippen LogP contribution is 2.15. The zero-order chi connectivity index (χ0) is 9.30. The van der Waals surface area contributed by atoms with Gasteiger partial charge in [0.2, 0.25) is 0 Å². The number of nitrogens with zero attached hydrogens (tertiary/aromatic N) is 3. The highest BCUT2D eigenvalue weighted by molar-refractivity contribution is 4.95. The minimum atomic E-state index is -2.59. The molecule has 1 heterocycles. The summed E-state index contributed by atoms with van der Waals surface area (Å²) in [6, 6.07) is 0. The van der Waals surface area contributed by atoms with Crippen molar-refractivity contribution >= 4 is 0 Å². The summed E-state index contributed by atoms with van der Waals surface area (Å²) in [5, 5.41) is 3.66. The van der Waals surface area contributed by atoms with Gasteiger partial charge >= 0.3 is 6.55 Å². The molecule has 0 spiro atoms. The number of hydrogen-bond donors (Lipinski definition) is 0. The van der Waals surface area contributed by atoms with Crippen LogP contribution in [0.4, 0.5) is 8.78 Å². The van der Waals surface area contributed by atoms with E-state index in [0.717, 1.165) is 0 Å². The van der Waals surface area contributed by atoms with Gasteiger partial charge in [-0.15, -0.1) is 0 Å². The van der Waals surface area contributed by atoms with Gasteiger partial charge in [0.05, 0.1) is 0 Å². The van der Waals surface area contributed by atoms with Crippen molar-refractivity contribution in [1.82, 2.24) is 14.8 Å². The molecule has 5 heteroatoms. The molecule has 0 aliphatic carbocycles. The molecule has 0 bridgehead atoms. The lowest BCUT2D eigenvalue weighted by Gasteiger charge is -1.98. The predicted molar refractivity (Wildman–Crippen MR) is 40.1 cm³/mol. The van der Waals surface area contributed by atoms with E-state index < -0.39 is 6.55 Å². The molecule has 1 aromatic heterocycles. The lowest BCUT2D eigenvalue weighted by molar-refractivity contribution is 0.0535. The molecule has 0 aromatic carbocycles. The van der Waals surface area contributed by atoms with Crippen molar-refractivity contribution in [1.29, 1.82) is 0 Å². The van der Waals surface area contributed by atoms with Gasteiger partial charge in [-0.05, 0) is 6.92 Å². The van der Waals surface area contributed by atoms with Crippen LogP contribution in [0, 0.1) is 6.92 Å². The number of hydrogen-bond acceptors (Lipinski definition) is 2. The van der Waals surface area contributed by atoms with E-state index in [1.54, 1.807) is 0 Å². The van der Waals surface area contributed by atoms with Crippen LogP contribution >= 0.6 is 0 Å². The molecule has 0 aliphatic rings. The second-order valence-electron chi connectivity index (χ2n) is 2.89. The third-order valence-electron chi connectivity index (χ3n) is 1.52. The summed E-state index contributed by atoms with van der Waals surface area (Å²) < 4.78 is 25.0. The van der Waals surface area contributed by atoms with Gasteiger partial charge in [-0.25, -0.2) is 4.98 Å². The van der Waals surface area contributed by atoms with Crippen LogP contribution in [-0.4, -0.2) is 14.8 Å². The average molecular weight is 175 g/mol. The molecule has 3 nitrogen and oxygen atoms in total. The quantitative estimate of drug-likeness (QED) is 0.689. The van der Waals surface area contributed by atoms with Gasteiger partial charge in [-0.2, -0.15) is 18.6 Å². The lowest BCUT2D eigenvalue weighted by atomic mass is 10.2. The summed E-state index contributed by atoms with van der Waals surface area (Å²) in [6.45, 7) is 2.66. The fourth-order valence-electron chi connectivity index (χ4n) is 0.852. The van der Waals surface area contributed by atoms with E-state index in [1.165, 1.54) is 6.92 Å². The van der Waals surface area contributed by atoms with Gasteiger partial charge in [0.25, 0.3) is 0 Å². The van der Waals surface area contributed by atoms with Gasteiger partial charge in [0.1, 0.15) is 5.82 Å². The summed E-state index contributed by atoms with van der Waals surface area (Å²) in [5.41, 5.74) is 0. The average Bonchev–Trinajstić information content (AvgIpc) is 2.30. The molecule has 1 aromatic rings. The Kier molecular flexibility index (Phi) is 2.40. The largest absolute Gasteiger partial charge is 0.334 e. The van der Waals surface area contributed by atoms with Crippen molar-refractivity contribution in [3.8, 4) is 0 Å². The molecule has 0 saturated carbocycles. The van der Waals surface area contributed by atoms with E-state index >= 15 is 0 Å². The molecule has 0 amide bonds. The zero-order valence-corrected chi connectivity index (χ0v) is 7.25. The molecule has 0 unspecified atom stereocenters. The SMILES string of the molecule is Cc1nc(C(C)C)nn1C(F)F. The first-order chi connectivity index (χ1) is 5.52. The number of alkyl halides is 2. The topological polar surface area (TPSA) is 30.7 Å². The van der Waals surface area contributed by atoms with Gasteiger partial charge < -0.3 is 0 Å². The van der Waals surface area contributed by atoms with Crippen LogP contribution in [-0.2, 0) is 0 Å². The summed E-state index contributed by atoms with van der Waals surface area (Å²) in [7, 11) is 0. The zero-order valence-electron chi connectivity index (χ0n) is 7.25. The minimum absolute atomic E-state index is 0.0868. The summed E-state index contributed by atoms with van der Waals surface area (Å²) in [5.74, 6) is 0.810. The third kappa shape index (κ3) is 1.60. The summed E-state index contributed by atoms with van der Waals surface area (Å²) >= 11 is 0. The molecule has 0 atom stereocenters. The second kappa shape index (κ2) is 3.16. The van der Waals surface area contributed by atoms with Crippen molar-refractivity contribution in [2.24, 2.45) is 0 Å². The fraction of sp³-hybridized carbons (Fsp3) is 0.714. The maximum absolute atomic E-state index is 12.2. The van der Waals surface area contributed by atoms with E-state index in [0.29, 0.717) is 10.5 Å². The van der Waals surface area contributed by atoms with Crippen molar-refractivity contribution in [2.45, 2.75) is 33.2 Å². The number of aromatic nitrogens is 3. The maximum atomic E-state index is 12.2. The van der Waals surface area contributed by atoms with Gasteiger partial charge in [-0.1, -0.05) is 13.8 Å². The molecule has 12 heavy (non-hydrogen) atoms. The van der Waals surface area contributed by atoms with Crippen molar-refractivity contribution in [2.75, 3.05) is 0 Å². The molecule has 68 valence electrons. The van der Waals surface area contributed by atoms with Crippen molar-refractivity contribution < 1.29 is 8.78 Å². The first-order valence-corrected chi connectivity index (χ1v) is 3.73. The van der Waals surface area contributed by atoms with Crippen LogP contribution < -0.4 is 0 Å². The minimum Gasteiger partial charge on any atom is -0.216 e. The predicted octanol–water partition coefficient (Wildman–Crippen LogP) is 2.11. The van der Waals surface area contributed by atoms with Gasteiger partial charge in [0, 0.05) is 5.92 Å². The first-order valence-electron chi connectivity index (χ1n) is 3.73. The Labute approximate surface area is 69.4 Å². The van der Waals surface area contributed by atoms with Crippen LogP contribution in [0.25, 0.3) is 0 Å². The molecule has 0 radical (unpaired) electrons. The maximum Gasteiger partial charge on any atom is 0.334 e. The molecular weight excluding hydrogens is 164 g/mol. The Morgan fingerprint density at radius 2 is 1.92 bits per heavy atom. The third-order valence-corrected chi connectivity index (χ3v) is 1.52. The summed E-state index contributed by atoms with van der Waals surface area (Å²) in [6.07, 6.45) is 0. The highest BCUT2D eigenvalue weighted by Gasteiger charge is 2.14. The molecule has 0 fully saturated rings. The van der Waals surface area contributed by atoms with Crippen molar-refractivity contribution in [3.63, 3.8) is 0 Å². The van der Waals surface area contributed by atoms with E-state index in [4.69, 9.17) is 0 Å². The molecule has 0 aliphatic heterocycles. The van der Waals surface area contributed by atoms with Crippen LogP contribution in [0.3, 0.4) is 0 Å². The lowest BCUT2D eigenvalue weighted by Crippen LogP contribution is -2.03. The van der Waals surface area contributed by atoms with Crippen LogP contribution in [0.1, 0.15) is 38.0 Å². The van der Waals surface area contributed by atoms with E-state index in [1.807, 2.05) is 13.8 Å². The second-order valence-corrected chi connectivity index (χ2v) is 2.89. The fourth-order valence-corrected chi connectivity index (χ4v) is 0.852. The molecule has 1 rings (SSSR count). The van der Waals surface area contributed by atoms with Crippen LogP contribution in [0.5, 0.6) is 0 Å². The Morgan fingerprint density at radius 3 is 2.17 bits per heavy atom. The Balaban J connectivity index is 3.00. The smallest absolute Gasteiger partial charge is 0.216 e. The number of halogens is 2. The molecule has 0 saturated heterocycles.